The van der Waals surface area contributed by atoms with Crippen molar-refractivity contribution in [1.82, 2.24) is 15.0 Å². The van der Waals surface area contributed by atoms with Crippen molar-refractivity contribution in [2.45, 2.75) is 36.1 Å². The highest BCUT2D eigenvalue weighted by atomic mass is 32.2. The third-order valence-electron chi connectivity index (χ3n) is 4.24. The SMILES string of the molecule is O=c1[nH]c(SCc2cccnc2C2COC2)nc2c1CCC2. The number of thioether (sulfide) groups is 1. The van der Waals surface area contributed by atoms with Crippen LogP contribution in [-0.2, 0) is 23.3 Å². The molecule has 0 bridgehead atoms. The standard InChI is InChI=1S/C16H17N3O2S/c20-15-12-4-1-5-13(12)18-16(19-15)22-9-10-3-2-6-17-14(10)11-7-21-8-11/h2-3,6,11H,1,4-5,7-9H2,(H,18,19,20). The van der Waals surface area contributed by atoms with Crippen LogP contribution in [0.4, 0.5) is 0 Å². The monoisotopic (exact) mass is 315 g/mol. The molecule has 0 amide bonds. The zero-order chi connectivity index (χ0) is 14.9. The highest BCUT2D eigenvalue weighted by molar-refractivity contribution is 7.98. The van der Waals surface area contributed by atoms with Gasteiger partial charge in [0.15, 0.2) is 5.16 Å². The van der Waals surface area contributed by atoms with Crippen molar-refractivity contribution in [3.63, 3.8) is 0 Å². The third kappa shape index (κ3) is 2.57. The first-order valence-corrected chi connectivity index (χ1v) is 8.56. The summed E-state index contributed by atoms with van der Waals surface area (Å²) in [6.07, 6.45) is 4.65. The van der Waals surface area contributed by atoms with E-state index in [1.54, 1.807) is 11.8 Å². The molecular formula is C16H17N3O2S. The van der Waals surface area contributed by atoms with E-state index in [-0.39, 0.29) is 5.56 Å². The number of H-pyrrole nitrogens is 1. The summed E-state index contributed by atoms with van der Waals surface area (Å²) in [5.74, 6) is 1.17. The van der Waals surface area contributed by atoms with Gasteiger partial charge in [0, 0.05) is 23.4 Å². The fraction of sp³-hybridized carbons (Fsp3) is 0.438. The highest BCUT2D eigenvalue weighted by Gasteiger charge is 2.24. The van der Waals surface area contributed by atoms with E-state index in [1.807, 2.05) is 12.3 Å². The van der Waals surface area contributed by atoms with Crippen molar-refractivity contribution in [2.75, 3.05) is 13.2 Å². The topological polar surface area (TPSA) is 67.9 Å². The predicted molar refractivity (Wildman–Crippen MR) is 84.2 cm³/mol. The van der Waals surface area contributed by atoms with E-state index in [0.29, 0.717) is 11.1 Å². The molecule has 114 valence electrons. The molecule has 2 aliphatic rings. The van der Waals surface area contributed by atoms with E-state index in [2.05, 4.69) is 21.0 Å². The number of aryl methyl sites for hydroxylation is 1. The Labute approximate surface area is 132 Å². The van der Waals surface area contributed by atoms with Crippen molar-refractivity contribution < 1.29 is 4.74 Å². The lowest BCUT2D eigenvalue weighted by molar-refractivity contribution is 0.00642. The Balaban J connectivity index is 1.54. The molecule has 4 rings (SSSR count). The van der Waals surface area contributed by atoms with Crippen LogP contribution < -0.4 is 5.56 Å². The van der Waals surface area contributed by atoms with E-state index in [9.17, 15) is 4.79 Å². The number of pyridine rings is 1. The molecular weight excluding hydrogens is 298 g/mol. The molecule has 0 spiro atoms. The maximum atomic E-state index is 12.0. The van der Waals surface area contributed by atoms with Crippen molar-refractivity contribution in [3.05, 3.63) is 51.2 Å². The first-order valence-electron chi connectivity index (χ1n) is 7.57. The molecule has 1 N–H and O–H groups in total. The molecule has 0 radical (unpaired) electrons. The van der Waals surface area contributed by atoms with Crippen LogP contribution in [0.2, 0.25) is 0 Å². The Kier molecular flexibility index (Phi) is 3.72. The zero-order valence-electron chi connectivity index (χ0n) is 12.2. The van der Waals surface area contributed by atoms with Crippen LogP contribution in [0.5, 0.6) is 0 Å². The van der Waals surface area contributed by atoms with Gasteiger partial charge in [0.1, 0.15) is 0 Å². The smallest absolute Gasteiger partial charge is 0.254 e. The quantitative estimate of drug-likeness (QED) is 0.691. The summed E-state index contributed by atoms with van der Waals surface area (Å²) >= 11 is 1.57. The average Bonchev–Trinajstić information content (AvgIpc) is 2.93. The van der Waals surface area contributed by atoms with Gasteiger partial charge in [-0.05, 0) is 30.9 Å². The molecule has 0 unspecified atom stereocenters. The molecule has 0 saturated carbocycles. The Hall–Kier alpha value is -1.66. The summed E-state index contributed by atoms with van der Waals surface area (Å²) in [5.41, 5.74) is 4.19. The van der Waals surface area contributed by atoms with Crippen molar-refractivity contribution in [1.29, 1.82) is 0 Å². The minimum atomic E-state index is 0.0313. The number of hydrogen-bond donors (Lipinski definition) is 1. The van der Waals surface area contributed by atoms with Crippen LogP contribution in [0, 0.1) is 0 Å². The van der Waals surface area contributed by atoms with E-state index >= 15 is 0 Å². The first-order chi connectivity index (χ1) is 10.8. The van der Waals surface area contributed by atoms with E-state index in [4.69, 9.17) is 4.74 Å². The Bertz CT molecular complexity index is 755. The number of aromatic nitrogens is 3. The fourth-order valence-corrected chi connectivity index (χ4v) is 3.84. The first kappa shape index (κ1) is 14.0. The highest BCUT2D eigenvalue weighted by Crippen LogP contribution is 2.29. The molecule has 1 fully saturated rings. The molecule has 0 aromatic carbocycles. The molecule has 6 heteroatoms. The van der Waals surface area contributed by atoms with E-state index < -0.39 is 0 Å². The van der Waals surface area contributed by atoms with Gasteiger partial charge in [0.2, 0.25) is 0 Å². The van der Waals surface area contributed by atoms with Gasteiger partial charge in [-0.3, -0.25) is 9.78 Å². The summed E-state index contributed by atoms with van der Waals surface area (Å²) < 4.78 is 5.27. The maximum Gasteiger partial charge on any atom is 0.254 e. The number of rotatable bonds is 4. The van der Waals surface area contributed by atoms with Gasteiger partial charge < -0.3 is 9.72 Å². The average molecular weight is 315 g/mol. The van der Waals surface area contributed by atoms with Crippen molar-refractivity contribution >= 4 is 11.8 Å². The van der Waals surface area contributed by atoms with Gasteiger partial charge in [-0.2, -0.15) is 0 Å². The molecule has 5 nitrogen and oxygen atoms in total. The summed E-state index contributed by atoms with van der Waals surface area (Å²) in [6, 6.07) is 4.05. The maximum absolute atomic E-state index is 12.0. The van der Waals surface area contributed by atoms with Gasteiger partial charge in [-0.25, -0.2) is 4.98 Å². The van der Waals surface area contributed by atoms with E-state index in [1.165, 1.54) is 5.56 Å². The number of aromatic amines is 1. The molecule has 2 aromatic heterocycles. The number of fused-ring (bicyclic) bond motifs is 1. The second kappa shape index (κ2) is 5.85. The normalized spacial score (nSPS) is 17.3. The second-order valence-electron chi connectivity index (χ2n) is 5.72. The molecule has 3 heterocycles. The Morgan fingerprint density at radius 2 is 2.27 bits per heavy atom. The summed E-state index contributed by atoms with van der Waals surface area (Å²) in [6.45, 7) is 1.51. The third-order valence-corrected chi connectivity index (χ3v) is 5.16. The van der Waals surface area contributed by atoms with Gasteiger partial charge in [-0.1, -0.05) is 17.8 Å². The number of hydrogen-bond acceptors (Lipinski definition) is 5. The summed E-state index contributed by atoms with van der Waals surface area (Å²) in [5, 5.41) is 0.713. The van der Waals surface area contributed by atoms with E-state index in [0.717, 1.165) is 55.2 Å². The minimum Gasteiger partial charge on any atom is -0.380 e. The zero-order valence-corrected chi connectivity index (χ0v) is 13.0. The van der Waals surface area contributed by atoms with Gasteiger partial charge in [0.05, 0.1) is 24.6 Å². The van der Waals surface area contributed by atoms with Crippen LogP contribution in [0.3, 0.4) is 0 Å². The Morgan fingerprint density at radius 3 is 3.09 bits per heavy atom. The van der Waals surface area contributed by atoms with Gasteiger partial charge in [0.25, 0.3) is 5.56 Å². The second-order valence-corrected chi connectivity index (χ2v) is 6.68. The Morgan fingerprint density at radius 1 is 1.36 bits per heavy atom. The van der Waals surface area contributed by atoms with Crippen LogP contribution in [0.1, 0.15) is 34.9 Å². The predicted octanol–water partition coefficient (Wildman–Crippen LogP) is 2.06. The van der Waals surface area contributed by atoms with Crippen molar-refractivity contribution in [3.8, 4) is 0 Å². The largest absolute Gasteiger partial charge is 0.380 e. The molecule has 2 aromatic rings. The summed E-state index contributed by atoms with van der Waals surface area (Å²) in [4.78, 5) is 24.0. The molecule has 1 aliphatic carbocycles. The van der Waals surface area contributed by atoms with Gasteiger partial charge in [-0.15, -0.1) is 0 Å². The number of ether oxygens (including phenoxy) is 1. The number of nitrogens with one attached hydrogen (secondary N) is 1. The molecule has 0 atom stereocenters. The molecule has 22 heavy (non-hydrogen) atoms. The van der Waals surface area contributed by atoms with Crippen LogP contribution >= 0.6 is 11.8 Å². The molecule has 1 saturated heterocycles. The van der Waals surface area contributed by atoms with Crippen LogP contribution in [-0.4, -0.2) is 28.2 Å². The fourth-order valence-electron chi connectivity index (χ4n) is 2.97. The lowest BCUT2D eigenvalue weighted by Gasteiger charge is -2.27. The van der Waals surface area contributed by atoms with Gasteiger partial charge >= 0.3 is 0 Å². The lowest BCUT2D eigenvalue weighted by Crippen LogP contribution is -2.27. The number of nitrogens with zero attached hydrogens (tertiary/aromatic N) is 2. The summed E-state index contributed by atoms with van der Waals surface area (Å²) in [7, 11) is 0. The van der Waals surface area contributed by atoms with Crippen LogP contribution in [0.15, 0.2) is 28.3 Å². The van der Waals surface area contributed by atoms with Crippen molar-refractivity contribution in [2.24, 2.45) is 0 Å². The lowest BCUT2D eigenvalue weighted by atomic mass is 9.99. The molecule has 1 aliphatic heterocycles. The van der Waals surface area contributed by atoms with Crippen LogP contribution in [0.25, 0.3) is 0 Å². The minimum absolute atomic E-state index is 0.0313.